The molecule has 0 saturated carbocycles. The second-order valence-electron chi connectivity index (χ2n) is 1.65. The molecule has 1 aromatic rings. The van der Waals surface area contributed by atoms with Gasteiger partial charge in [-0.25, -0.2) is 12.1 Å². The molecule has 0 radical (unpaired) electrons. The Morgan fingerprint density at radius 3 is 2.00 bits per heavy atom. The largest absolute Gasteiger partial charge is 0.213 e. The van der Waals surface area contributed by atoms with Crippen LogP contribution in [-0.4, -0.2) is 0 Å². The zero-order chi connectivity index (χ0) is 5.11. The fourth-order valence-corrected chi connectivity index (χ4v) is 0.650. The summed E-state index contributed by atoms with van der Waals surface area (Å²) in [5.74, 6) is 0. The topological polar surface area (TPSA) is 0 Å². The van der Waals surface area contributed by atoms with Crippen LogP contribution in [0, 0.1) is 0 Å². The Balaban J connectivity index is 0.000000490. The van der Waals surface area contributed by atoms with Gasteiger partial charge in [0.05, 0.1) is 0 Å². The predicted molar refractivity (Wildman–Crippen MR) is 31.4 cm³/mol. The van der Waals surface area contributed by atoms with Gasteiger partial charge in [-0.15, -0.1) is 0 Å². The Morgan fingerprint density at radius 1 is 1.25 bits per heavy atom. The monoisotopic (exact) mass is 151 g/mol. The molecule has 1 aromatic carbocycles. The predicted octanol–water partition coefficient (Wildman–Crippen LogP) is 1.97. The first kappa shape index (κ1) is 7.84. The van der Waals surface area contributed by atoms with E-state index >= 15 is 0 Å². The maximum absolute atomic E-state index is 2.16. The van der Waals surface area contributed by atoms with Gasteiger partial charge in [0.15, 0.2) is 0 Å². The van der Waals surface area contributed by atoms with Crippen LogP contribution in [0.2, 0.25) is 0 Å². The molecule has 0 nitrogen and oxygen atoms in total. The van der Waals surface area contributed by atoms with Crippen molar-refractivity contribution >= 4 is 0 Å². The number of hydrogen-bond acceptors (Lipinski definition) is 0. The van der Waals surface area contributed by atoms with E-state index in [-0.39, 0.29) is 16.5 Å². The number of aryl methyl sites for hydroxylation is 1. The molecule has 1 heteroatoms. The molecule has 0 saturated heterocycles. The third kappa shape index (κ3) is 1.75. The van der Waals surface area contributed by atoms with Crippen LogP contribution in [0.1, 0.15) is 12.5 Å². The van der Waals surface area contributed by atoms with Gasteiger partial charge in [0.1, 0.15) is 0 Å². The first-order valence-electron chi connectivity index (χ1n) is 2.64. The first-order chi connectivity index (χ1) is 3.43. The maximum atomic E-state index is 2.16. The van der Waals surface area contributed by atoms with Crippen molar-refractivity contribution in [2.24, 2.45) is 0 Å². The molecule has 0 aromatic heterocycles. The van der Waals surface area contributed by atoms with Crippen molar-refractivity contribution in [3.8, 4) is 0 Å². The standard InChI is InChI=1S/C7H9.Ni/c1-2-7-5-3-4-6-7;/h3-6H,2H2,1H3;/q-1;. The van der Waals surface area contributed by atoms with E-state index in [1.807, 2.05) is 0 Å². The molecule has 48 valence electrons. The van der Waals surface area contributed by atoms with Crippen LogP contribution >= 0.6 is 0 Å². The Labute approximate surface area is 60.2 Å². The third-order valence-electron chi connectivity index (χ3n) is 1.14. The number of hydrogen-bond donors (Lipinski definition) is 0. The van der Waals surface area contributed by atoms with Gasteiger partial charge in [0.25, 0.3) is 0 Å². The van der Waals surface area contributed by atoms with Gasteiger partial charge in [0, 0.05) is 16.5 Å². The van der Waals surface area contributed by atoms with Crippen LogP contribution in [0.3, 0.4) is 0 Å². The molecule has 0 bridgehead atoms. The average Bonchev–Trinajstić information content (AvgIpc) is 2.14. The van der Waals surface area contributed by atoms with Crippen LogP contribution in [0.5, 0.6) is 0 Å². The Hall–Kier alpha value is -0.156. The third-order valence-corrected chi connectivity index (χ3v) is 1.14. The van der Waals surface area contributed by atoms with E-state index < -0.39 is 0 Å². The van der Waals surface area contributed by atoms with Gasteiger partial charge in [-0.3, -0.25) is 0 Å². The minimum absolute atomic E-state index is 0. The van der Waals surface area contributed by atoms with Gasteiger partial charge >= 0.3 is 0 Å². The first-order valence-corrected chi connectivity index (χ1v) is 2.64. The van der Waals surface area contributed by atoms with Crippen molar-refractivity contribution in [3.05, 3.63) is 29.8 Å². The van der Waals surface area contributed by atoms with Gasteiger partial charge in [-0.05, 0) is 0 Å². The van der Waals surface area contributed by atoms with E-state index in [0.717, 1.165) is 6.42 Å². The fourth-order valence-electron chi connectivity index (χ4n) is 0.650. The van der Waals surface area contributed by atoms with Crippen molar-refractivity contribution in [3.63, 3.8) is 0 Å². The molecular formula is C7H9Ni-. The molecule has 0 unspecified atom stereocenters. The number of rotatable bonds is 1. The molecule has 0 heterocycles. The van der Waals surface area contributed by atoms with E-state index in [9.17, 15) is 0 Å². The fraction of sp³-hybridized carbons (Fsp3) is 0.286. The zero-order valence-corrected chi connectivity index (χ0v) is 5.82. The molecule has 0 spiro atoms. The second kappa shape index (κ2) is 3.80. The molecule has 0 N–H and O–H groups in total. The van der Waals surface area contributed by atoms with E-state index in [4.69, 9.17) is 0 Å². The van der Waals surface area contributed by atoms with E-state index in [1.165, 1.54) is 5.56 Å². The van der Waals surface area contributed by atoms with Gasteiger partial charge in [-0.2, -0.15) is 17.7 Å². The van der Waals surface area contributed by atoms with E-state index in [1.54, 1.807) is 0 Å². The summed E-state index contributed by atoms with van der Waals surface area (Å²) < 4.78 is 0. The van der Waals surface area contributed by atoms with Crippen molar-refractivity contribution in [1.82, 2.24) is 0 Å². The molecule has 0 aliphatic rings. The molecule has 8 heavy (non-hydrogen) atoms. The summed E-state index contributed by atoms with van der Waals surface area (Å²) in [4.78, 5) is 0. The summed E-state index contributed by atoms with van der Waals surface area (Å²) in [7, 11) is 0. The van der Waals surface area contributed by atoms with E-state index in [2.05, 4.69) is 31.2 Å². The summed E-state index contributed by atoms with van der Waals surface area (Å²) >= 11 is 0. The molecule has 0 amide bonds. The van der Waals surface area contributed by atoms with Crippen molar-refractivity contribution in [1.29, 1.82) is 0 Å². The van der Waals surface area contributed by atoms with Crippen LogP contribution < -0.4 is 0 Å². The normalized spacial score (nSPS) is 8.12. The maximum Gasteiger partial charge on any atom is 0 e. The summed E-state index contributed by atoms with van der Waals surface area (Å²) in [6.45, 7) is 2.16. The van der Waals surface area contributed by atoms with E-state index in [0.29, 0.717) is 0 Å². The minimum Gasteiger partial charge on any atom is -0.213 e. The van der Waals surface area contributed by atoms with Crippen molar-refractivity contribution in [2.45, 2.75) is 13.3 Å². The van der Waals surface area contributed by atoms with Crippen molar-refractivity contribution < 1.29 is 16.5 Å². The molecule has 0 aliphatic heterocycles. The Kier molecular flexibility index (Phi) is 3.72. The molecule has 0 atom stereocenters. The summed E-state index contributed by atoms with van der Waals surface area (Å²) in [6.07, 6.45) is 1.16. The minimum atomic E-state index is 0. The average molecular weight is 152 g/mol. The van der Waals surface area contributed by atoms with Gasteiger partial charge < -0.3 is 0 Å². The summed E-state index contributed by atoms with van der Waals surface area (Å²) in [5.41, 5.74) is 1.43. The summed E-state index contributed by atoms with van der Waals surface area (Å²) in [6, 6.07) is 8.41. The smallest absolute Gasteiger partial charge is 0 e. The molecule has 0 aliphatic carbocycles. The Bertz CT molecular complexity index is 119. The molecule has 0 fully saturated rings. The Morgan fingerprint density at radius 2 is 1.75 bits per heavy atom. The second-order valence-corrected chi connectivity index (χ2v) is 1.65. The van der Waals surface area contributed by atoms with Gasteiger partial charge in [-0.1, -0.05) is 13.3 Å². The molecule has 1 rings (SSSR count). The van der Waals surface area contributed by atoms with Crippen molar-refractivity contribution in [2.75, 3.05) is 0 Å². The quantitative estimate of drug-likeness (QED) is 0.426. The van der Waals surface area contributed by atoms with Gasteiger partial charge in [0.2, 0.25) is 0 Å². The van der Waals surface area contributed by atoms with Crippen LogP contribution in [0.15, 0.2) is 24.3 Å². The van der Waals surface area contributed by atoms with Crippen LogP contribution in [-0.2, 0) is 22.9 Å². The van der Waals surface area contributed by atoms with Crippen LogP contribution in [0.25, 0.3) is 0 Å². The summed E-state index contributed by atoms with van der Waals surface area (Å²) in [5, 5.41) is 0. The zero-order valence-electron chi connectivity index (χ0n) is 4.83. The molecular weight excluding hydrogens is 143 g/mol. The van der Waals surface area contributed by atoms with Crippen LogP contribution in [0.4, 0.5) is 0 Å². The SMILES string of the molecule is CC[c-]1cccc1.[Ni].